The molecule has 0 spiro atoms. The number of esters is 1. The van der Waals surface area contributed by atoms with Crippen molar-refractivity contribution < 1.29 is 63.5 Å². The van der Waals surface area contributed by atoms with Gasteiger partial charge in [0, 0.05) is 31.5 Å². The van der Waals surface area contributed by atoms with Crippen LogP contribution >= 0.6 is 0 Å². The fraction of sp³-hybridized carbons (Fsp3) is 0.949. The molecular formula is C39H73N3O13. The first-order valence-electron chi connectivity index (χ1n) is 19.9. The monoisotopic (exact) mass is 792 g/mol. The molecule has 55 heavy (non-hydrogen) atoms. The number of methoxy groups -OCH3 is 1. The van der Waals surface area contributed by atoms with Crippen LogP contribution in [0.2, 0.25) is 0 Å². The lowest BCUT2D eigenvalue weighted by Gasteiger charge is -2.53. The molecule has 0 aromatic carbocycles. The Bertz CT molecular complexity index is 1240. The molecule has 3 rings (SSSR count). The molecule has 3 aliphatic heterocycles. The number of nitrogens with zero attached hydrogens (tertiary/aromatic N) is 1. The van der Waals surface area contributed by atoms with Crippen molar-refractivity contribution in [3.8, 4) is 0 Å². The minimum Gasteiger partial charge on any atom is -0.459 e. The average Bonchev–Trinajstić information content (AvgIpc) is 3.11. The van der Waals surface area contributed by atoms with Crippen molar-refractivity contribution in [2.24, 2.45) is 17.8 Å². The quantitative estimate of drug-likeness (QED) is 0.120. The molecule has 3 aliphatic rings. The van der Waals surface area contributed by atoms with Gasteiger partial charge in [0.25, 0.3) is 0 Å². The van der Waals surface area contributed by atoms with Crippen LogP contribution < -0.4 is 10.6 Å². The number of rotatable bonds is 10. The van der Waals surface area contributed by atoms with Crippen molar-refractivity contribution in [2.45, 2.75) is 185 Å². The number of carbonyl (C=O) groups excluding carboxylic acids is 2. The van der Waals surface area contributed by atoms with E-state index in [0.717, 1.165) is 0 Å². The van der Waals surface area contributed by atoms with Crippen LogP contribution in [0.4, 0.5) is 0 Å². The maximum Gasteiger partial charge on any atom is 0.311 e. The van der Waals surface area contributed by atoms with Crippen molar-refractivity contribution in [3.05, 3.63) is 0 Å². The minimum atomic E-state index is -1.84. The van der Waals surface area contributed by atoms with E-state index in [1.165, 1.54) is 14.0 Å². The lowest BCUT2D eigenvalue weighted by atomic mass is 9.75. The third kappa shape index (κ3) is 10.6. The van der Waals surface area contributed by atoms with Gasteiger partial charge in [0.05, 0.1) is 42.5 Å². The molecule has 0 radical (unpaired) electrons. The van der Waals surface area contributed by atoms with Crippen molar-refractivity contribution in [3.63, 3.8) is 0 Å². The van der Waals surface area contributed by atoms with Crippen LogP contribution in [0.5, 0.6) is 0 Å². The Balaban J connectivity index is 2.17. The number of hydrogen-bond acceptors (Lipinski definition) is 15. The summed E-state index contributed by atoms with van der Waals surface area (Å²) in [5, 5.41) is 64.6. The van der Waals surface area contributed by atoms with Crippen molar-refractivity contribution >= 4 is 12.4 Å². The topological polar surface area (TPSA) is 218 Å². The number of aliphatic hydroxyl groups is 5. The molecule has 0 aliphatic carbocycles. The first kappa shape index (κ1) is 47.8. The highest BCUT2D eigenvalue weighted by Gasteiger charge is 2.58. The molecule has 16 heteroatoms. The van der Waals surface area contributed by atoms with Crippen LogP contribution in [-0.4, -0.2) is 167 Å². The normalized spacial score (nSPS) is 48.4. The van der Waals surface area contributed by atoms with Crippen LogP contribution in [0.3, 0.4) is 0 Å². The highest BCUT2D eigenvalue weighted by atomic mass is 16.7. The maximum atomic E-state index is 14.3. The summed E-state index contributed by atoms with van der Waals surface area (Å²) in [6, 6.07) is -0.917. The average molecular weight is 792 g/mol. The zero-order chi connectivity index (χ0) is 41.8. The summed E-state index contributed by atoms with van der Waals surface area (Å²) >= 11 is 0. The standard InChI is InChI=1S/C39H73N3O13/c1-14-28-38(10,48)32(45)25(6)41-18-21(2)16-36(8,47)33(55-35-30(44)27(42(11)12)15-22(3)51-35)23(4)31(24(5)34(46)53-28)54-29-17-37(9,50-13)39(49,19-40-20-43)26(7)52-29/h20-33,35,41,44-45,47-49H,14-19H2,1-13H3,(H,40,43)/t21-,22-,23+,24-,25-,26+,27+,28-,29+,30-,31+,32-,33-,35+,36-,37-,38-,39+/m1/s1. The second kappa shape index (κ2) is 19.0. The Kier molecular flexibility index (Phi) is 16.5. The number of hydrogen-bond donors (Lipinski definition) is 7. The maximum absolute atomic E-state index is 14.3. The summed E-state index contributed by atoms with van der Waals surface area (Å²) in [6.07, 6.45) is -7.76. The molecule has 0 unspecified atom stereocenters. The van der Waals surface area contributed by atoms with Crippen LogP contribution in [0.15, 0.2) is 0 Å². The molecule has 7 N–H and O–H groups in total. The summed E-state index contributed by atoms with van der Waals surface area (Å²) < 4.78 is 37.8. The van der Waals surface area contributed by atoms with Gasteiger partial charge in [-0.05, 0) is 94.3 Å². The summed E-state index contributed by atoms with van der Waals surface area (Å²) in [4.78, 5) is 27.4. The van der Waals surface area contributed by atoms with E-state index in [1.54, 1.807) is 48.5 Å². The van der Waals surface area contributed by atoms with Gasteiger partial charge in [0.15, 0.2) is 12.6 Å². The molecule has 0 bridgehead atoms. The predicted molar refractivity (Wildman–Crippen MR) is 203 cm³/mol. The molecular weight excluding hydrogens is 718 g/mol. The number of ether oxygens (including phenoxy) is 6. The summed E-state index contributed by atoms with van der Waals surface area (Å²) in [5.74, 6) is -2.82. The van der Waals surface area contributed by atoms with Crippen LogP contribution in [0.25, 0.3) is 0 Å². The fourth-order valence-corrected chi connectivity index (χ4v) is 8.95. The third-order valence-corrected chi connectivity index (χ3v) is 12.6. The summed E-state index contributed by atoms with van der Waals surface area (Å²) in [6.45, 7) is 17.3. The van der Waals surface area contributed by atoms with Crippen LogP contribution in [-0.2, 0) is 38.0 Å². The van der Waals surface area contributed by atoms with E-state index >= 15 is 0 Å². The van der Waals surface area contributed by atoms with E-state index in [1.807, 2.05) is 32.8 Å². The van der Waals surface area contributed by atoms with Crippen LogP contribution in [0.1, 0.15) is 94.9 Å². The van der Waals surface area contributed by atoms with Gasteiger partial charge in [-0.15, -0.1) is 0 Å². The molecule has 322 valence electrons. The molecule has 3 fully saturated rings. The van der Waals surface area contributed by atoms with Crippen molar-refractivity contribution in [1.29, 1.82) is 0 Å². The highest BCUT2D eigenvalue weighted by molar-refractivity contribution is 5.73. The molecule has 0 aromatic heterocycles. The van der Waals surface area contributed by atoms with E-state index in [-0.39, 0.29) is 43.9 Å². The van der Waals surface area contributed by atoms with Crippen molar-refractivity contribution in [1.82, 2.24) is 15.5 Å². The number of nitrogens with one attached hydrogen (secondary N) is 2. The molecule has 0 saturated carbocycles. The molecule has 16 nitrogen and oxygen atoms in total. The Morgan fingerprint density at radius 1 is 1.00 bits per heavy atom. The second-order valence-corrected chi connectivity index (χ2v) is 17.5. The lowest BCUT2D eigenvalue weighted by Crippen LogP contribution is -2.70. The number of likely N-dealkylation sites (N-methyl/N-ethyl adjacent to an activating group) is 1. The van der Waals surface area contributed by atoms with E-state index in [2.05, 4.69) is 10.6 Å². The Labute approximate surface area is 327 Å². The van der Waals surface area contributed by atoms with Gasteiger partial charge < -0.3 is 69.5 Å². The molecule has 1 amide bonds. The van der Waals surface area contributed by atoms with Gasteiger partial charge >= 0.3 is 5.97 Å². The first-order valence-corrected chi connectivity index (χ1v) is 19.9. The Morgan fingerprint density at radius 3 is 2.20 bits per heavy atom. The minimum absolute atomic E-state index is 0.0245. The van der Waals surface area contributed by atoms with E-state index in [9.17, 15) is 35.1 Å². The van der Waals surface area contributed by atoms with Gasteiger partial charge in [-0.3, -0.25) is 9.59 Å². The number of carbonyl (C=O) groups is 2. The molecule has 18 atom stereocenters. The molecule has 3 heterocycles. The fourth-order valence-electron chi connectivity index (χ4n) is 8.95. The molecule has 3 saturated heterocycles. The first-order chi connectivity index (χ1) is 25.4. The van der Waals surface area contributed by atoms with Crippen molar-refractivity contribution in [2.75, 3.05) is 34.3 Å². The van der Waals surface area contributed by atoms with Gasteiger partial charge in [0.1, 0.15) is 35.1 Å². The summed E-state index contributed by atoms with van der Waals surface area (Å²) in [7, 11) is 5.17. The number of cyclic esters (lactones) is 1. The summed E-state index contributed by atoms with van der Waals surface area (Å²) in [5.41, 5.74) is -6.40. The number of aliphatic hydroxyl groups excluding tert-OH is 2. The van der Waals surface area contributed by atoms with Gasteiger partial charge in [-0.1, -0.05) is 20.8 Å². The third-order valence-electron chi connectivity index (χ3n) is 12.6. The van der Waals surface area contributed by atoms with Gasteiger partial charge in [-0.25, -0.2) is 0 Å². The largest absolute Gasteiger partial charge is 0.459 e. The highest BCUT2D eigenvalue weighted by Crippen LogP contribution is 2.43. The second-order valence-electron chi connectivity index (χ2n) is 17.5. The van der Waals surface area contributed by atoms with Crippen LogP contribution in [0, 0.1) is 17.8 Å². The van der Waals surface area contributed by atoms with E-state index < -0.39 is 95.5 Å². The molecule has 0 aromatic rings. The van der Waals surface area contributed by atoms with E-state index in [0.29, 0.717) is 19.4 Å². The zero-order valence-corrected chi connectivity index (χ0v) is 35.4. The Morgan fingerprint density at radius 2 is 1.64 bits per heavy atom. The zero-order valence-electron chi connectivity index (χ0n) is 35.4. The Hall–Kier alpha value is -1.54. The van der Waals surface area contributed by atoms with Gasteiger partial charge in [-0.2, -0.15) is 0 Å². The SMILES string of the molecule is CC[C@H]1OC(=O)[C@H](C)[C@@H](O[C@H]2C[C@@](C)(OC)[C@](O)(CNC=O)[C@H](C)O2)[C@H](C)[C@@H](O[C@@H]2O[C@H](C)C[C@H](N(C)C)[C@H]2O)[C@](C)(O)C[C@@H](C)CN[C@H](C)[C@@H](O)[C@]1(C)O. The lowest BCUT2D eigenvalue weighted by molar-refractivity contribution is -0.336. The van der Waals surface area contributed by atoms with Gasteiger partial charge in [0.2, 0.25) is 6.41 Å². The smallest absolute Gasteiger partial charge is 0.311 e. The number of amides is 1. The predicted octanol–water partition coefficient (Wildman–Crippen LogP) is 0.675. The van der Waals surface area contributed by atoms with E-state index in [4.69, 9.17) is 28.4 Å².